The van der Waals surface area contributed by atoms with Crippen molar-refractivity contribution in [2.45, 2.75) is 59.5 Å². The molecule has 0 aliphatic heterocycles. The zero-order valence-electron chi connectivity index (χ0n) is 15.7. The monoisotopic (exact) mass is 352 g/mol. The van der Waals surface area contributed by atoms with Crippen molar-refractivity contribution < 1.29 is 19.5 Å². The molecule has 1 atom stereocenters. The number of aromatic nitrogens is 2. The van der Waals surface area contributed by atoms with Gasteiger partial charge in [0.25, 0.3) is 0 Å². The van der Waals surface area contributed by atoms with Gasteiger partial charge in [0, 0.05) is 12.6 Å². The molecule has 8 nitrogen and oxygen atoms in total. The van der Waals surface area contributed by atoms with E-state index >= 15 is 0 Å². The third kappa shape index (κ3) is 5.58. The van der Waals surface area contributed by atoms with Gasteiger partial charge in [-0.2, -0.15) is 5.10 Å². The number of hydrogen-bond donors (Lipinski definition) is 3. The van der Waals surface area contributed by atoms with Gasteiger partial charge in [-0.3, -0.25) is 14.3 Å². The van der Waals surface area contributed by atoms with E-state index < -0.39 is 17.6 Å². The van der Waals surface area contributed by atoms with E-state index in [4.69, 9.17) is 0 Å². The Morgan fingerprint density at radius 3 is 2.32 bits per heavy atom. The van der Waals surface area contributed by atoms with Gasteiger partial charge in [0.15, 0.2) is 5.54 Å². The van der Waals surface area contributed by atoms with E-state index in [1.807, 2.05) is 27.7 Å². The lowest BCUT2D eigenvalue weighted by Gasteiger charge is -2.22. The first kappa shape index (κ1) is 20.7. The Kier molecular flexibility index (Phi) is 6.72. The van der Waals surface area contributed by atoms with Crippen LogP contribution in [0.5, 0.6) is 0 Å². The van der Waals surface area contributed by atoms with Crippen molar-refractivity contribution in [3.05, 3.63) is 12.4 Å². The van der Waals surface area contributed by atoms with Crippen LogP contribution in [-0.4, -0.2) is 38.7 Å². The molecule has 3 N–H and O–H groups in total. The topological polar surface area (TPSA) is 113 Å². The van der Waals surface area contributed by atoms with Gasteiger partial charge in [-0.25, -0.2) is 4.79 Å². The summed E-state index contributed by atoms with van der Waals surface area (Å²) in [5.74, 6) is -1.46. The summed E-state index contributed by atoms with van der Waals surface area (Å²) in [4.78, 5) is 35.7. The molecule has 0 fully saturated rings. The molecule has 0 bridgehead atoms. The Morgan fingerprint density at radius 2 is 1.84 bits per heavy atom. The summed E-state index contributed by atoms with van der Waals surface area (Å²) in [5, 5.41) is 18.7. The molecule has 1 unspecified atom stereocenters. The van der Waals surface area contributed by atoms with Gasteiger partial charge < -0.3 is 15.7 Å². The summed E-state index contributed by atoms with van der Waals surface area (Å²) in [6.07, 6.45) is 3.19. The minimum Gasteiger partial charge on any atom is -0.479 e. The van der Waals surface area contributed by atoms with Gasteiger partial charge >= 0.3 is 5.97 Å². The van der Waals surface area contributed by atoms with E-state index in [2.05, 4.69) is 15.7 Å². The fourth-order valence-electron chi connectivity index (χ4n) is 2.15. The zero-order chi connectivity index (χ0) is 19.4. The predicted octanol–water partition coefficient (Wildman–Crippen LogP) is 1.83. The molecule has 140 valence electrons. The van der Waals surface area contributed by atoms with E-state index in [-0.39, 0.29) is 23.7 Å². The van der Waals surface area contributed by atoms with Crippen molar-refractivity contribution in [2.24, 2.45) is 11.8 Å². The first-order valence-corrected chi connectivity index (χ1v) is 8.34. The van der Waals surface area contributed by atoms with Crippen LogP contribution in [0.3, 0.4) is 0 Å². The Labute approximate surface area is 148 Å². The van der Waals surface area contributed by atoms with E-state index in [1.165, 1.54) is 30.9 Å². The number of carboxylic acids is 1. The van der Waals surface area contributed by atoms with Gasteiger partial charge in [0.2, 0.25) is 11.8 Å². The molecule has 8 heteroatoms. The highest BCUT2D eigenvalue weighted by Gasteiger charge is 2.31. The average molecular weight is 352 g/mol. The van der Waals surface area contributed by atoms with E-state index in [9.17, 15) is 19.5 Å². The molecule has 1 aromatic heterocycles. The normalized spacial score (nSPS) is 13.0. The number of rotatable bonds is 8. The molecule has 1 heterocycles. The summed E-state index contributed by atoms with van der Waals surface area (Å²) < 4.78 is 1.27. The predicted molar refractivity (Wildman–Crippen MR) is 94.0 cm³/mol. The molecule has 1 aromatic rings. The molecule has 0 aromatic carbocycles. The van der Waals surface area contributed by atoms with Crippen LogP contribution in [0.1, 0.15) is 48.0 Å². The third-order valence-corrected chi connectivity index (χ3v) is 3.81. The molecular formula is C17H28N4O4. The van der Waals surface area contributed by atoms with Gasteiger partial charge in [-0.1, -0.05) is 27.7 Å². The Hall–Kier alpha value is -2.38. The largest absolute Gasteiger partial charge is 0.479 e. The standard InChI is InChI=1S/C17H28N4O4/c1-10(2)7-13(22)20-14(11(3)4)15(23)19-12-8-18-21(9-12)17(5,6)16(24)25/h8-11,14H,7H2,1-6H3,(H,19,23)(H,20,22)(H,24,25). The van der Waals surface area contributed by atoms with Crippen LogP contribution in [0, 0.1) is 11.8 Å². The van der Waals surface area contributed by atoms with Crippen molar-refractivity contribution in [1.82, 2.24) is 15.1 Å². The number of aliphatic carboxylic acids is 1. The number of anilines is 1. The lowest BCUT2D eigenvalue weighted by atomic mass is 10.0. The Morgan fingerprint density at radius 1 is 1.24 bits per heavy atom. The van der Waals surface area contributed by atoms with Crippen LogP contribution in [0.4, 0.5) is 5.69 Å². The fraction of sp³-hybridized carbons (Fsp3) is 0.647. The second-order valence-electron chi connectivity index (χ2n) is 7.41. The van der Waals surface area contributed by atoms with Gasteiger partial charge in [0.1, 0.15) is 6.04 Å². The molecule has 0 saturated heterocycles. The number of hydrogen-bond acceptors (Lipinski definition) is 4. The fourth-order valence-corrected chi connectivity index (χ4v) is 2.15. The molecule has 0 saturated carbocycles. The van der Waals surface area contributed by atoms with Gasteiger partial charge in [-0.05, 0) is 25.7 Å². The van der Waals surface area contributed by atoms with Crippen LogP contribution in [-0.2, 0) is 19.9 Å². The van der Waals surface area contributed by atoms with Gasteiger partial charge in [-0.15, -0.1) is 0 Å². The summed E-state index contributed by atoms with van der Waals surface area (Å²) in [6, 6.07) is -0.679. The molecule has 25 heavy (non-hydrogen) atoms. The lowest BCUT2D eigenvalue weighted by molar-refractivity contribution is -0.146. The maximum Gasteiger partial charge on any atom is 0.331 e. The highest BCUT2D eigenvalue weighted by Crippen LogP contribution is 2.18. The van der Waals surface area contributed by atoms with E-state index in [1.54, 1.807) is 0 Å². The Balaban J connectivity index is 2.83. The number of amides is 2. The van der Waals surface area contributed by atoms with Crippen LogP contribution in [0.25, 0.3) is 0 Å². The molecule has 1 rings (SSSR count). The van der Waals surface area contributed by atoms with Gasteiger partial charge in [0.05, 0.1) is 11.9 Å². The summed E-state index contributed by atoms with van der Waals surface area (Å²) >= 11 is 0. The average Bonchev–Trinajstić information content (AvgIpc) is 2.92. The molecule has 0 spiro atoms. The number of carbonyl (C=O) groups is 3. The Bertz CT molecular complexity index is 634. The minimum absolute atomic E-state index is 0.0957. The number of carboxylic acid groups (broad SMARTS) is 1. The zero-order valence-corrected chi connectivity index (χ0v) is 15.7. The first-order valence-electron chi connectivity index (χ1n) is 8.34. The maximum atomic E-state index is 12.5. The number of nitrogens with one attached hydrogen (secondary N) is 2. The minimum atomic E-state index is -1.23. The number of carbonyl (C=O) groups excluding carboxylic acids is 2. The van der Waals surface area contributed by atoms with Crippen LogP contribution in [0.15, 0.2) is 12.4 Å². The number of nitrogens with zero attached hydrogens (tertiary/aromatic N) is 2. The second kappa shape index (κ2) is 8.13. The quantitative estimate of drug-likeness (QED) is 0.660. The second-order valence-corrected chi connectivity index (χ2v) is 7.41. The van der Waals surface area contributed by atoms with Crippen molar-refractivity contribution in [3.63, 3.8) is 0 Å². The van der Waals surface area contributed by atoms with Crippen molar-refractivity contribution >= 4 is 23.5 Å². The summed E-state index contributed by atoms with van der Waals surface area (Å²) in [7, 11) is 0. The van der Waals surface area contributed by atoms with Crippen molar-refractivity contribution in [2.75, 3.05) is 5.32 Å². The molecule has 0 aliphatic rings. The summed E-state index contributed by atoms with van der Waals surface area (Å²) in [6.45, 7) is 10.6. The SMILES string of the molecule is CC(C)CC(=O)NC(C(=O)Nc1cnn(C(C)(C)C(=O)O)c1)C(C)C. The smallest absolute Gasteiger partial charge is 0.331 e. The summed E-state index contributed by atoms with van der Waals surface area (Å²) in [5.41, 5.74) is -0.852. The molecule has 2 amide bonds. The highest BCUT2D eigenvalue weighted by molar-refractivity contribution is 5.97. The van der Waals surface area contributed by atoms with Crippen molar-refractivity contribution in [3.8, 4) is 0 Å². The lowest BCUT2D eigenvalue weighted by Crippen LogP contribution is -2.47. The van der Waals surface area contributed by atoms with Crippen LogP contribution in [0.2, 0.25) is 0 Å². The third-order valence-electron chi connectivity index (χ3n) is 3.81. The van der Waals surface area contributed by atoms with E-state index in [0.29, 0.717) is 12.1 Å². The van der Waals surface area contributed by atoms with Crippen LogP contribution >= 0.6 is 0 Å². The maximum absolute atomic E-state index is 12.5. The van der Waals surface area contributed by atoms with Crippen LogP contribution < -0.4 is 10.6 Å². The molecule has 0 radical (unpaired) electrons. The van der Waals surface area contributed by atoms with Crippen molar-refractivity contribution in [1.29, 1.82) is 0 Å². The molecular weight excluding hydrogens is 324 g/mol. The highest BCUT2D eigenvalue weighted by atomic mass is 16.4. The first-order chi connectivity index (χ1) is 11.4. The molecule has 0 aliphatic carbocycles. The van der Waals surface area contributed by atoms with E-state index in [0.717, 1.165) is 0 Å².